The number of benzene rings is 2. The normalized spacial score (nSPS) is 10.4. The summed E-state index contributed by atoms with van der Waals surface area (Å²) >= 11 is 0. The molecule has 0 saturated carbocycles. The first-order chi connectivity index (χ1) is 12.7. The van der Waals surface area contributed by atoms with Crippen molar-refractivity contribution < 1.29 is 19.0 Å². The first kappa shape index (κ1) is 17.5. The van der Waals surface area contributed by atoms with E-state index in [1.165, 1.54) is 0 Å². The summed E-state index contributed by atoms with van der Waals surface area (Å²) in [5, 5.41) is 4.87. The molecule has 0 radical (unpaired) electrons. The number of rotatable bonds is 6. The average molecular weight is 352 g/mol. The van der Waals surface area contributed by atoms with E-state index in [1.54, 1.807) is 45.9 Å². The van der Waals surface area contributed by atoms with Crippen molar-refractivity contribution in [1.82, 2.24) is 4.98 Å². The fraction of sp³-hybridized carbons (Fsp3) is 0.200. The Kier molecular flexibility index (Phi) is 5.22. The number of hydrogen-bond acceptors (Lipinski definition) is 5. The summed E-state index contributed by atoms with van der Waals surface area (Å²) in [6.07, 6.45) is 3.65. The van der Waals surface area contributed by atoms with E-state index in [0.717, 1.165) is 22.0 Å². The smallest absolute Gasteiger partial charge is 0.228 e. The van der Waals surface area contributed by atoms with Crippen LogP contribution in [0.4, 0.5) is 5.69 Å². The van der Waals surface area contributed by atoms with Crippen molar-refractivity contribution in [1.29, 1.82) is 0 Å². The predicted molar refractivity (Wildman–Crippen MR) is 100 cm³/mol. The van der Waals surface area contributed by atoms with Crippen LogP contribution in [0.1, 0.15) is 5.56 Å². The van der Waals surface area contributed by atoms with Crippen LogP contribution in [0.25, 0.3) is 10.8 Å². The van der Waals surface area contributed by atoms with Crippen molar-refractivity contribution in [3.05, 3.63) is 54.4 Å². The van der Waals surface area contributed by atoms with E-state index < -0.39 is 0 Å². The Morgan fingerprint density at radius 1 is 1.04 bits per heavy atom. The maximum Gasteiger partial charge on any atom is 0.228 e. The minimum atomic E-state index is -0.136. The lowest BCUT2D eigenvalue weighted by atomic mass is 10.1. The molecule has 6 heteroatoms. The second-order valence-electron chi connectivity index (χ2n) is 5.66. The maximum atomic E-state index is 12.5. The second kappa shape index (κ2) is 7.74. The van der Waals surface area contributed by atoms with Gasteiger partial charge < -0.3 is 19.5 Å². The van der Waals surface area contributed by atoms with Crippen molar-refractivity contribution in [3.63, 3.8) is 0 Å². The second-order valence-corrected chi connectivity index (χ2v) is 5.66. The molecule has 0 saturated heterocycles. The molecule has 3 rings (SSSR count). The summed E-state index contributed by atoms with van der Waals surface area (Å²) in [7, 11) is 4.64. The third-order valence-corrected chi connectivity index (χ3v) is 4.04. The zero-order valence-electron chi connectivity index (χ0n) is 14.9. The highest BCUT2D eigenvalue weighted by Gasteiger charge is 2.15. The summed E-state index contributed by atoms with van der Waals surface area (Å²) in [4.78, 5) is 16.6. The van der Waals surface area contributed by atoms with Gasteiger partial charge in [0.15, 0.2) is 11.5 Å². The lowest BCUT2D eigenvalue weighted by Gasteiger charge is -2.14. The predicted octanol–water partition coefficient (Wildman–Crippen LogP) is 3.44. The van der Waals surface area contributed by atoms with Gasteiger partial charge in [-0.25, -0.2) is 0 Å². The van der Waals surface area contributed by atoms with E-state index in [4.69, 9.17) is 14.2 Å². The monoisotopic (exact) mass is 352 g/mol. The molecule has 0 aliphatic rings. The van der Waals surface area contributed by atoms with Gasteiger partial charge in [0.2, 0.25) is 11.7 Å². The highest BCUT2D eigenvalue weighted by atomic mass is 16.5. The summed E-state index contributed by atoms with van der Waals surface area (Å²) in [5.74, 6) is 1.40. The molecule has 1 heterocycles. The zero-order valence-corrected chi connectivity index (χ0v) is 14.9. The van der Waals surface area contributed by atoms with Crippen LogP contribution in [-0.2, 0) is 11.2 Å². The van der Waals surface area contributed by atoms with E-state index in [0.29, 0.717) is 17.2 Å². The fourth-order valence-corrected chi connectivity index (χ4v) is 2.85. The van der Waals surface area contributed by atoms with Gasteiger partial charge in [-0.2, -0.15) is 0 Å². The number of aromatic nitrogens is 1. The molecule has 6 nitrogen and oxygen atoms in total. The number of carbonyl (C=O) groups excluding carboxylic acids is 1. The number of hydrogen-bond donors (Lipinski definition) is 1. The van der Waals surface area contributed by atoms with Crippen molar-refractivity contribution in [2.24, 2.45) is 0 Å². The third kappa shape index (κ3) is 3.54. The van der Waals surface area contributed by atoms with E-state index in [1.807, 2.05) is 24.3 Å². The van der Waals surface area contributed by atoms with Gasteiger partial charge in [-0.05, 0) is 29.8 Å². The largest absolute Gasteiger partial charge is 0.493 e. The Morgan fingerprint density at radius 2 is 1.77 bits per heavy atom. The van der Waals surface area contributed by atoms with Gasteiger partial charge in [0, 0.05) is 28.9 Å². The molecule has 1 aromatic heterocycles. The molecule has 0 aliphatic heterocycles. The molecule has 0 spiro atoms. The van der Waals surface area contributed by atoms with Gasteiger partial charge in [-0.1, -0.05) is 12.1 Å². The van der Waals surface area contributed by atoms with Gasteiger partial charge in [-0.15, -0.1) is 0 Å². The SMILES string of the molecule is COc1cc(CC(=O)Nc2cccc3cnccc23)cc(OC)c1OC. The van der Waals surface area contributed by atoms with Crippen molar-refractivity contribution in [2.45, 2.75) is 6.42 Å². The molecular formula is C20H20N2O4. The van der Waals surface area contributed by atoms with Crippen molar-refractivity contribution in [3.8, 4) is 17.2 Å². The molecule has 1 amide bonds. The molecule has 134 valence electrons. The number of anilines is 1. The maximum absolute atomic E-state index is 12.5. The number of amides is 1. The lowest BCUT2D eigenvalue weighted by molar-refractivity contribution is -0.115. The molecule has 0 fully saturated rings. The third-order valence-electron chi connectivity index (χ3n) is 4.04. The van der Waals surface area contributed by atoms with E-state index in [9.17, 15) is 4.79 Å². The molecule has 3 aromatic rings. The number of fused-ring (bicyclic) bond motifs is 1. The molecule has 0 aliphatic carbocycles. The molecule has 0 unspecified atom stereocenters. The fourth-order valence-electron chi connectivity index (χ4n) is 2.85. The van der Waals surface area contributed by atoms with Crippen LogP contribution in [0.15, 0.2) is 48.8 Å². The number of carbonyl (C=O) groups is 1. The van der Waals surface area contributed by atoms with E-state index in [2.05, 4.69) is 10.3 Å². The van der Waals surface area contributed by atoms with Crippen LogP contribution in [0, 0.1) is 0 Å². The van der Waals surface area contributed by atoms with Gasteiger partial charge in [0.05, 0.1) is 27.8 Å². The van der Waals surface area contributed by atoms with Crippen LogP contribution in [-0.4, -0.2) is 32.2 Å². The number of methoxy groups -OCH3 is 3. The van der Waals surface area contributed by atoms with Crippen LogP contribution >= 0.6 is 0 Å². The Hall–Kier alpha value is -3.28. The highest BCUT2D eigenvalue weighted by molar-refractivity contribution is 6.02. The van der Waals surface area contributed by atoms with Gasteiger partial charge in [0.1, 0.15) is 0 Å². The minimum absolute atomic E-state index is 0.136. The lowest BCUT2D eigenvalue weighted by Crippen LogP contribution is -2.15. The summed E-state index contributed by atoms with van der Waals surface area (Å²) in [5.41, 5.74) is 1.52. The zero-order chi connectivity index (χ0) is 18.5. The first-order valence-corrected chi connectivity index (χ1v) is 8.07. The number of pyridine rings is 1. The Morgan fingerprint density at radius 3 is 2.42 bits per heavy atom. The Balaban J connectivity index is 1.84. The summed E-state index contributed by atoms with van der Waals surface area (Å²) in [6, 6.07) is 11.1. The number of ether oxygens (including phenoxy) is 3. The highest BCUT2D eigenvalue weighted by Crippen LogP contribution is 2.38. The van der Waals surface area contributed by atoms with Gasteiger partial charge >= 0.3 is 0 Å². The van der Waals surface area contributed by atoms with Gasteiger partial charge in [0.25, 0.3) is 0 Å². The van der Waals surface area contributed by atoms with Crippen molar-refractivity contribution >= 4 is 22.4 Å². The molecule has 0 atom stereocenters. The molecule has 2 aromatic carbocycles. The van der Waals surface area contributed by atoms with Gasteiger partial charge in [-0.3, -0.25) is 9.78 Å². The number of nitrogens with one attached hydrogen (secondary N) is 1. The standard InChI is InChI=1S/C20H20N2O4/c1-24-17-9-13(10-18(25-2)20(17)26-3)11-19(23)22-16-6-4-5-14-12-21-8-7-15(14)16/h4-10,12H,11H2,1-3H3,(H,22,23). The minimum Gasteiger partial charge on any atom is -0.493 e. The van der Waals surface area contributed by atoms with Crippen molar-refractivity contribution in [2.75, 3.05) is 26.6 Å². The van der Waals surface area contributed by atoms with Crippen LogP contribution in [0.5, 0.6) is 17.2 Å². The molecule has 0 bridgehead atoms. The van der Waals surface area contributed by atoms with E-state index >= 15 is 0 Å². The molecular weight excluding hydrogens is 332 g/mol. The quantitative estimate of drug-likeness (QED) is 0.736. The van der Waals surface area contributed by atoms with Crippen LogP contribution in [0.2, 0.25) is 0 Å². The topological polar surface area (TPSA) is 69.7 Å². The Labute approximate surface area is 151 Å². The van der Waals surface area contributed by atoms with Crippen LogP contribution in [0.3, 0.4) is 0 Å². The first-order valence-electron chi connectivity index (χ1n) is 8.07. The summed E-state index contributed by atoms with van der Waals surface area (Å²) in [6.45, 7) is 0. The van der Waals surface area contributed by atoms with Crippen LogP contribution < -0.4 is 19.5 Å². The average Bonchev–Trinajstić information content (AvgIpc) is 2.67. The Bertz CT molecular complexity index is 910. The molecule has 26 heavy (non-hydrogen) atoms. The summed E-state index contributed by atoms with van der Waals surface area (Å²) < 4.78 is 16.0. The number of nitrogens with zero attached hydrogens (tertiary/aromatic N) is 1. The van der Waals surface area contributed by atoms with E-state index in [-0.39, 0.29) is 12.3 Å². The molecule has 1 N–H and O–H groups in total.